The highest BCUT2D eigenvalue weighted by Gasteiger charge is 2.24. The molecule has 0 radical (unpaired) electrons. The van der Waals surface area contributed by atoms with E-state index in [1.165, 1.54) is 5.56 Å². The van der Waals surface area contributed by atoms with Crippen LogP contribution in [0.1, 0.15) is 37.3 Å². The number of rotatable bonds is 6. The first-order valence-corrected chi connectivity index (χ1v) is 7.96. The van der Waals surface area contributed by atoms with Gasteiger partial charge in [0, 0.05) is 6.04 Å². The number of hydrogen-bond donors (Lipinski definition) is 2. The van der Waals surface area contributed by atoms with Gasteiger partial charge in [0.05, 0.1) is 13.7 Å². The van der Waals surface area contributed by atoms with Gasteiger partial charge in [0.25, 0.3) is 0 Å². The molecule has 1 unspecified atom stereocenters. The van der Waals surface area contributed by atoms with Crippen molar-refractivity contribution in [2.24, 2.45) is 0 Å². The van der Waals surface area contributed by atoms with Crippen LogP contribution in [0.3, 0.4) is 0 Å². The highest BCUT2D eigenvalue weighted by atomic mass is 16.5. The number of nitrogens with one attached hydrogen (secondary N) is 1. The first kappa shape index (κ1) is 17.3. The predicted octanol–water partition coefficient (Wildman–Crippen LogP) is 1.81. The van der Waals surface area contributed by atoms with Crippen LogP contribution < -0.4 is 10.1 Å². The Morgan fingerprint density at radius 1 is 1.26 bits per heavy atom. The van der Waals surface area contributed by atoms with Crippen LogP contribution in [-0.4, -0.2) is 48.6 Å². The fraction of sp³-hybridized carbons (Fsp3) is 0.529. The molecule has 0 spiro atoms. The van der Waals surface area contributed by atoms with Crippen molar-refractivity contribution in [3.8, 4) is 5.75 Å². The quantitative estimate of drug-likeness (QED) is 0.836. The number of amides is 1. The minimum atomic E-state index is -1.03. The van der Waals surface area contributed by atoms with Crippen molar-refractivity contribution in [1.29, 1.82) is 0 Å². The lowest BCUT2D eigenvalue weighted by Crippen LogP contribution is -2.40. The van der Waals surface area contributed by atoms with Gasteiger partial charge in [0.1, 0.15) is 12.3 Å². The van der Waals surface area contributed by atoms with Gasteiger partial charge in [-0.15, -0.1) is 0 Å². The standard InChI is InChI=1S/C17H24N2O4/c1-23-14-8-6-13(7-9-14)15-5-3-2-4-10-19(15)12-16(20)18-11-17(21)22/h6-9,15H,2-5,10-12H2,1H3,(H,18,20)(H,21,22). The van der Waals surface area contributed by atoms with Crippen LogP contribution in [-0.2, 0) is 9.59 Å². The van der Waals surface area contributed by atoms with E-state index < -0.39 is 5.97 Å². The lowest BCUT2D eigenvalue weighted by Gasteiger charge is -2.29. The third kappa shape index (κ3) is 5.25. The lowest BCUT2D eigenvalue weighted by molar-refractivity contribution is -0.138. The number of carbonyl (C=O) groups excluding carboxylic acids is 1. The molecule has 0 aliphatic carbocycles. The maximum absolute atomic E-state index is 12.0. The maximum Gasteiger partial charge on any atom is 0.322 e. The molecule has 2 N–H and O–H groups in total. The molecule has 2 rings (SSSR count). The van der Waals surface area contributed by atoms with Gasteiger partial charge in [0.15, 0.2) is 0 Å². The van der Waals surface area contributed by atoms with Gasteiger partial charge in [-0.25, -0.2) is 0 Å². The molecule has 6 nitrogen and oxygen atoms in total. The Morgan fingerprint density at radius 3 is 2.65 bits per heavy atom. The number of benzene rings is 1. The molecule has 0 aromatic heterocycles. The van der Waals surface area contributed by atoms with Crippen molar-refractivity contribution in [2.75, 3.05) is 26.7 Å². The maximum atomic E-state index is 12.0. The number of hydrogen-bond acceptors (Lipinski definition) is 4. The molecule has 1 aliphatic heterocycles. The van der Waals surface area contributed by atoms with E-state index in [2.05, 4.69) is 10.2 Å². The van der Waals surface area contributed by atoms with Crippen molar-refractivity contribution < 1.29 is 19.4 Å². The predicted molar refractivity (Wildman–Crippen MR) is 86.4 cm³/mol. The minimum absolute atomic E-state index is 0.180. The Morgan fingerprint density at radius 2 is 2.00 bits per heavy atom. The van der Waals surface area contributed by atoms with E-state index in [1.807, 2.05) is 24.3 Å². The number of nitrogens with zero attached hydrogens (tertiary/aromatic N) is 1. The highest BCUT2D eigenvalue weighted by Crippen LogP contribution is 2.30. The Hall–Kier alpha value is -2.08. The van der Waals surface area contributed by atoms with Crippen LogP contribution in [0.25, 0.3) is 0 Å². The molecule has 1 aromatic rings. The average Bonchev–Trinajstić information content (AvgIpc) is 2.78. The number of methoxy groups -OCH3 is 1. The fourth-order valence-electron chi connectivity index (χ4n) is 2.98. The third-order valence-electron chi connectivity index (χ3n) is 4.15. The molecule has 0 saturated carbocycles. The van der Waals surface area contributed by atoms with E-state index in [-0.39, 0.29) is 25.0 Å². The molecule has 126 valence electrons. The lowest BCUT2D eigenvalue weighted by atomic mass is 10.0. The van der Waals surface area contributed by atoms with Crippen molar-refractivity contribution in [3.63, 3.8) is 0 Å². The average molecular weight is 320 g/mol. The van der Waals surface area contributed by atoms with Gasteiger partial charge in [-0.2, -0.15) is 0 Å². The van der Waals surface area contributed by atoms with Gasteiger partial charge in [-0.05, 0) is 37.1 Å². The Balaban J connectivity index is 2.06. The van der Waals surface area contributed by atoms with E-state index in [0.29, 0.717) is 0 Å². The summed E-state index contributed by atoms with van der Waals surface area (Å²) in [6.45, 7) is 0.737. The van der Waals surface area contributed by atoms with E-state index >= 15 is 0 Å². The van der Waals surface area contributed by atoms with E-state index in [9.17, 15) is 9.59 Å². The van der Waals surface area contributed by atoms with Crippen LogP contribution >= 0.6 is 0 Å². The summed E-state index contributed by atoms with van der Waals surface area (Å²) in [4.78, 5) is 24.7. The van der Waals surface area contributed by atoms with Crippen LogP contribution in [0.5, 0.6) is 5.75 Å². The topological polar surface area (TPSA) is 78.9 Å². The van der Waals surface area contributed by atoms with Gasteiger partial charge >= 0.3 is 5.97 Å². The molecule has 1 amide bonds. The first-order chi connectivity index (χ1) is 11.1. The third-order valence-corrected chi connectivity index (χ3v) is 4.15. The SMILES string of the molecule is COc1ccc(C2CCCCCN2CC(=O)NCC(=O)O)cc1. The molecule has 1 aromatic carbocycles. The molecule has 23 heavy (non-hydrogen) atoms. The number of aliphatic carboxylic acids is 1. The van der Waals surface area contributed by atoms with Crippen molar-refractivity contribution in [3.05, 3.63) is 29.8 Å². The number of carbonyl (C=O) groups is 2. The second-order valence-electron chi connectivity index (χ2n) is 5.78. The second kappa shape index (κ2) is 8.53. The van der Waals surface area contributed by atoms with E-state index in [4.69, 9.17) is 9.84 Å². The summed E-state index contributed by atoms with van der Waals surface area (Å²) in [5.74, 6) is -0.457. The summed E-state index contributed by atoms with van der Waals surface area (Å²) < 4.78 is 5.19. The molecule has 1 aliphatic rings. The smallest absolute Gasteiger partial charge is 0.322 e. The second-order valence-corrected chi connectivity index (χ2v) is 5.78. The zero-order chi connectivity index (χ0) is 16.7. The largest absolute Gasteiger partial charge is 0.497 e. The van der Waals surface area contributed by atoms with Crippen LogP contribution in [0.2, 0.25) is 0 Å². The van der Waals surface area contributed by atoms with Crippen LogP contribution in [0, 0.1) is 0 Å². The monoisotopic (exact) mass is 320 g/mol. The van der Waals surface area contributed by atoms with Gasteiger partial charge in [0.2, 0.25) is 5.91 Å². The first-order valence-electron chi connectivity index (χ1n) is 7.96. The zero-order valence-corrected chi connectivity index (χ0v) is 13.5. The normalized spacial score (nSPS) is 18.9. The number of ether oxygens (including phenoxy) is 1. The summed E-state index contributed by atoms with van der Waals surface area (Å²) in [5.41, 5.74) is 1.17. The molecule has 1 saturated heterocycles. The molecule has 1 heterocycles. The Kier molecular flexibility index (Phi) is 6.40. The number of likely N-dealkylation sites (tertiary alicyclic amines) is 1. The summed E-state index contributed by atoms with van der Waals surface area (Å²) in [6, 6.07) is 8.12. The molecule has 6 heteroatoms. The Bertz CT molecular complexity index is 530. The highest BCUT2D eigenvalue weighted by molar-refractivity contribution is 5.82. The number of carboxylic acid groups (broad SMARTS) is 1. The molecule has 1 fully saturated rings. The van der Waals surface area contributed by atoms with Crippen LogP contribution in [0.4, 0.5) is 0 Å². The number of carboxylic acids is 1. The summed E-state index contributed by atoms with van der Waals surface area (Å²) in [5, 5.41) is 11.1. The summed E-state index contributed by atoms with van der Waals surface area (Å²) >= 11 is 0. The van der Waals surface area contributed by atoms with E-state index in [0.717, 1.165) is 38.0 Å². The van der Waals surface area contributed by atoms with Crippen molar-refractivity contribution in [1.82, 2.24) is 10.2 Å². The van der Waals surface area contributed by atoms with E-state index in [1.54, 1.807) is 7.11 Å². The van der Waals surface area contributed by atoms with Gasteiger partial charge in [-0.3, -0.25) is 14.5 Å². The summed E-state index contributed by atoms with van der Waals surface area (Å²) in [6.07, 6.45) is 4.33. The molecular weight excluding hydrogens is 296 g/mol. The fourth-order valence-corrected chi connectivity index (χ4v) is 2.98. The molecule has 1 atom stereocenters. The zero-order valence-electron chi connectivity index (χ0n) is 13.5. The van der Waals surface area contributed by atoms with Crippen molar-refractivity contribution in [2.45, 2.75) is 31.7 Å². The molecular formula is C17H24N2O4. The van der Waals surface area contributed by atoms with Gasteiger partial charge < -0.3 is 15.2 Å². The van der Waals surface area contributed by atoms with Gasteiger partial charge in [-0.1, -0.05) is 25.0 Å². The summed E-state index contributed by atoms with van der Waals surface area (Å²) in [7, 11) is 1.64. The van der Waals surface area contributed by atoms with Crippen molar-refractivity contribution >= 4 is 11.9 Å². The molecule has 0 bridgehead atoms. The van der Waals surface area contributed by atoms with Crippen LogP contribution in [0.15, 0.2) is 24.3 Å². The minimum Gasteiger partial charge on any atom is -0.497 e. The Labute approximate surface area is 136 Å².